The van der Waals surface area contributed by atoms with Gasteiger partial charge in [-0.15, -0.1) is 0 Å². The minimum absolute atomic E-state index is 0.0761. The van der Waals surface area contributed by atoms with Gasteiger partial charge in [0.05, 0.1) is 0 Å². The summed E-state index contributed by atoms with van der Waals surface area (Å²) >= 11 is 6.50. The quantitative estimate of drug-likeness (QED) is 0.310. The third-order valence-corrected chi connectivity index (χ3v) is 7.17. The van der Waals surface area contributed by atoms with Crippen molar-refractivity contribution in [2.45, 2.75) is 32.0 Å². The summed E-state index contributed by atoms with van der Waals surface area (Å²) in [6.45, 7) is 3.43. The number of hydrogen-bond donors (Lipinski definition) is 0. The van der Waals surface area contributed by atoms with Crippen LogP contribution in [0.4, 0.5) is 0 Å². The number of rotatable bonds is 6. The van der Waals surface area contributed by atoms with Crippen LogP contribution in [0.5, 0.6) is 0 Å². The Bertz CT molecular complexity index is 1270. The van der Waals surface area contributed by atoms with Gasteiger partial charge in [-0.05, 0) is 52.9 Å². The fourth-order valence-corrected chi connectivity index (χ4v) is 5.09. The highest BCUT2D eigenvalue weighted by Gasteiger charge is 2.29. The Morgan fingerprint density at radius 3 is 2.26 bits per heavy atom. The second-order valence-corrected chi connectivity index (χ2v) is 9.49. The van der Waals surface area contributed by atoms with Gasteiger partial charge in [0.15, 0.2) is 0 Å². The van der Waals surface area contributed by atoms with Crippen LogP contribution in [0.3, 0.4) is 0 Å². The number of benzene rings is 4. The molecular formula is C30H29ClN2O. The molecule has 1 amide bonds. The van der Waals surface area contributed by atoms with Crippen LogP contribution >= 0.6 is 11.6 Å². The lowest BCUT2D eigenvalue weighted by molar-refractivity contribution is 0.0543. The van der Waals surface area contributed by atoms with Gasteiger partial charge in [-0.3, -0.25) is 9.69 Å². The molecule has 1 aliphatic rings. The van der Waals surface area contributed by atoms with E-state index in [1.54, 1.807) is 0 Å². The summed E-state index contributed by atoms with van der Waals surface area (Å²) in [6, 6.07) is 32.8. The summed E-state index contributed by atoms with van der Waals surface area (Å²) in [4.78, 5) is 18.4. The Hall–Kier alpha value is -3.14. The average Bonchev–Trinajstić information content (AvgIpc) is 2.89. The number of hydrogen-bond acceptors (Lipinski definition) is 2. The van der Waals surface area contributed by atoms with E-state index >= 15 is 0 Å². The largest absolute Gasteiger partial charge is 0.331 e. The molecule has 0 N–H and O–H groups in total. The number of nitrogens with zero attached hydrogens (tertiary/aromatic N) is 2. The number of halogens is 1. The fourth-order valence-electron chi connectivity index (χ4n) is 4.90. The first-order chi connectivity index (χ1) is 16.7. The second-order valence-electron chi connectivity index (χ2n) is 9.08. The highest BCUT2D eigenvalue weighted by atomic mass is 35.5. The number of piperidine rings is 1. The predicted octanol–water partition coefficient (Wildman–Crippen LogP) is 6.80. The minimum atomic E-state index is 0.0761. The van der Waals surface area contributed by atoms with E-state index in [-0.39, 0.29) is 11.9 Å². The van der Waals surface area contributed by atoms with E-state index in [1.807, 2.05) is 59.5 Å². The Labute approximate surface area is 206 Å². The highest BCUT2D eigenvalue weighted by molar-refractivity contribution is 6.31. The fraction of sp³-hybridized carbons (Fsp3) is 0.233. The van der Waals surface area contributed by atoms with Gasteiger partial charge in [-0.25, -0.2) is 0 Å². The topological polar surface area (TPSA) is 23.6 Å². The second kappa shape index (κ2) is 10.4. The number of likely N-dealkylation sites (tertiary alicyclic amines) is 1. The lowest BCUT2D eigenvalue weighted by atomic mass is 9.99. The maximum Gasteiger partial charge on any atom is 0.254 e. The Morgan fingerprint density at radius 2 is 1.50 bits per heavy atom. The first-order valence-electron chi connectivity index (χ1n) is 12.0. The number of carbonyl (C=O) groups is 1. The molecule has 4 aromatic carbocycles. The molecule has 4 aromatic rings. The van der Waals surface area contributed by atoms with Crippen LogP contribution in [-0.4, -0.2) is 34.8 Å². The summed E-state index contributed by atoms with van der Waals surface area (Å²) in [5.41, 5.74) is 3.06. The summed E-state index contributed by atoms with van der Waals surface area (Å²) in [7, 11) is 0. The van der Waals surface area contributed by atoms with Crippen molar-refractivity contribution in [3.05, 3.63) is 119 Å². The number of carbonyl (C=O) groups excluding carboxylic acids is 1. The molecule has 0 aromatic heterocycles. The Kier molecular flexibility index (Phi) is 6.94. The molecule has 0 bridgehead atoms. The first-order valence-corrected chi connectivity index (χ1v) is 12.3. The molecule has 0 saturated carbocycles. The van der Waals surface area contributed by atoms with E-state index in [4.69, 9.17) is 11.6 Å². The molecular weight excluding hydrogens is 440 g/mol. The molecule has 0 aliphatic carbocycles. The lowest BCUT2D eigenvalue weighted by Crippen LogP contribution is -2.47. The molecule has 5 rings (SSSR count). The molecule has 34 heavy (non-hydrogen) atoms. The van der Waals surface area contributed by atoms with Gasteiger partial charge in [0, 0.05) is 42.8 Å². The Balaban J connectivity index is 1.37. The van der Waals surface area contributed by atoms with Crippen molar-refractivity contribution < 1.29 is 4.79 Å². The van der Waals surface area contributed by atoms with E-state index in [0.717, 1.165) is 54.4 Å². The third kappa shape index (κ3) is 5.16. The van der Waals surface area contributed by atoms with Crippen molar-refractivity contribution >= 4 is 28.3 Å². The van der Waals surface area contributed by atoms with Gasteiger partial charge in [0.2, 0.25) is 0 Å². The van der Waals surface area contributed by atoms with Crippen LogP contribution in [0.2, 0.25) is 5.02 Å². The summed E-state index contributed by atoms with van der Waals surface area (Å²) in [5.74, 6) is 0.0761. The van der Waals surface area contributed by atoms with Crippen molar-refractivity contribution in [1.29, 1.82) is 0 Å². The van der Waals surface area contributed by atoms with E-state index < -0.39 is 0 Å². The van der Waals surface area contributed by atoms with Crippen molar-refractivity contribution in [3.63, 3.8) is 0 Å². The van der Waals surface area contributed by atoms with Gasteiger partial charge in [-0.1, -0.05) is 90.5 Å². The molecule has 4 heteroatoms. The SMILES string of the molecule is O=C(c1ccc2ccccc2c1)N(Cc1ccccc1Cl)C1CCN(Cc2ccccc2)CC1. The van der Waals surface area contributed by atoms with Crippen molar-refractivity contribution in [3.8, 4) is 0 Å². The first kappa shape index (κ1) is 22.6. The van der Waals surface area contributed by atoms with Gasteiger partial charge < -0.3 is 4.90 Å². The zero-order valence-electron chi connectivity index (χ0n) is 19.2. The molecule has 3 nitrogen and oxygen atoms in total. The molecule has 0 atom stereocenters. The predicted molar refractivity (Wildman–Crippen MR) is 140 cm³/mol. The monoisotopic (exact) mass is 468 g/mol. The van der Waals surface area contributed by atoms with Gasteiger partial charge in [0.1, 0.15) is 0 Å². The van der Waals surface area contributed by atoms with Crippen LogP contribution in [0.25, 0.3) is 10.8 Å². The summed E-state index contributed by atoms with van der Waals surface area (Å²) in [6.07, 6.45) is 1.91. The van der Waals surface area contributed by atoms with E-state index in [2.05, 4.69) is 47.4 Å². The molecule has 1 fully saturated rings. The maximum absolute atomic E-state index is 13.8. The van der Waals surface area contributed by atoms with E-state index in [1.165, 1.54) is 5.56 Å². The normalized spacial score (nSPS) is 14.9. The molecule has 1 heterocycles. The molecule has 0 spiro atoms. The van der Waals surface area contributed by atoms with Gasteiger partial charge >= 0.3 is 0 Å². The summed E-state index contributed by atoms with van der Waals surface area (Å²) < 4.78 is 0. The van der Waals surface area contributed by atoms with Gasteiger partial charge in [0.25, 0.3) is 5.91 Å². The van der Waals surface area contributed by atoms with Crippen LogP contribution in [0.15, 0.2) is 97.1 Å². The van der Waals surface area contributed by atoms with Crippen molar-refractivity contribution in [2.75, 3.05) is 13.1 Å². The molecule has 172 valence electrons. The Morgan fingerprint density at radius 1 is 0.824 bits per heavy atom. The average molecular weight is 469 g/mol. The maximum atomic E-state index is 13.8. The lowest BCUT2D eigenvalue weighted by Gasteiger charge is -2.39. The standard InChI is InChI=1S/C30H29ClN2O/c31-29-13-7-6-12-27(29)22-33(30(34)26-15-14-24-10-4-5-11-25(24)20-26)28-16-18-32(19-17-28)21-23-8-2-1-3-9-23/h1-15,20,28H,16-19,21-22H2. The molecule has 0 radical (unpaired) electrons. The van der Waals surface area contributed by atoms with Gasteiger partial charge in [-0.2, -0.15) is 0 Å². The third-order valence-electron chi connectivity index (χ3n) is 6.80. The van der Waals surface area contributed by atoms with Crippen molar-refractivity contribution in [2.24, 2.45) is 0 Å². The molecule has 0 unspecified atom stereocenters. The van der Waals surface area contributed by atoms with E-state index in [0.29, 0.717) is 11.6 Å². The van der Waals surface area contributed by atoms with Crippen LogP contribution in [0.1, 0.15) is 34.3 Å². The van der Waals surface area contributed by atoms with Crippen molar-refractivity contribution in [1.82, 2.24) is 9.80 Å². The van der Waals surface area contributed by atoms with Crippen LogP contribution < -0.4 is 0 Å². The summed E-state index contributed by atoms with van der Waals surface area (Å²) in [5, 5.41) is 2.94. The van der Waals surface area contributed by atoms with Crippen LogP contribution in [0, 0.1) is 0 Å². The number of fused-ring (bicyclic) bond motifs is 1. The zero-order valence-corrected chi connectivity index (χ0v) is 20.0. The highest BCUT2D eigenvalue weighted by Crippen LogP contribution is 2.26. The van der Waals surface area contributed by atoms with Crippen LogP contribution in [-0.2, 0) is 13.1 Å². The smallest absolute Gasteiger partial charge is 0.254 e. The van der Waals surface area contributed by atoms with E-state index in [9.17, 15) is 4.79 Å². The molecule has 1 saturated heterocycles. The zero-order chi connectivity index (χ0) is 23.3. The molecule has 1 aliphatic heterocycles. The number of amides is 1. The minimum Gasteiger partial charge on any atom is -0.331 e.